The van der Waals surface area contributed by atoms with Crippen molar-refractivity contribution in [2.24, 2.45) is 7.05 Å². The fourth-order valence-corrected chi connectivity index (χ4v) is 5.24. The van der Waals surface area contributed by atoms with Crippen molar-refractivity contribution in [2.45, 2.75) is 32.1 Å². The van der Waals surface area contributed by atoms with E-state index < -0.39 is 6.10 Å². The molecule has 4 bridgehead atoms. The van der Waals surface area contributed by atoms with E-state index in [1.807, 2.05) is 55.1 Å². The number of hydrogen-bond donors (Lipinski definition) is 3. The Bertz CT molecular complexity index is 1490. The van der Waals surface area contributed by atoms with E-state index in [-0.39, 0.29) is 43.6 Å². The Morgan fingerprint density at radius 3 is 2.68 bits per heavy atom. The SMILES string of the molecule is COCCOc1cc2cc(c1)C(=O)NCCNC(=O)N[C@H]1CCN(C(=O)c3ccn(C)c3C)C[C@@H]1OCc1cccc(c1)O2. The maximum absolute atomic E-state index is 13.4. The molecular weight excluding hydrogens is 566 g/mol. The first kappa shape index (κ1) is 30.9. The average molecular weight is 606 g/mol. The second-order valence-electron chi connectivity index (χ2n) is 10.9. The van der Waals surface area contributed by atoms with E-state index in [0.717, 1.165) is 11.3 Å². The number of carbonyl (C=O) groups is 3. The van der Waals surface area contributed by atoms with Crippen LogP contribution in [0.3, 0.4) is 0 Å². The van der Waals surface area contributed by atoms with Gasteiger partial charge in [-0.05, 0) is 49.2 Å². The van der Waals surface area contributed by atoms with E-state index in [1.54, 1.807) is 30.2 Å². The summed E-state index contributed by atoms with van der Waals surface area (Å²) in [6, 6.07) is 13.6. The smallest absolute Gasteiger partial charge is 0.315 e. The summed E-state index contributed by atoms with van der Waals surface area (Å²) in [6.07, 6.45) is 1.95. The van der Waals surface area contributed by atoms with Gasteiger partial charge in [0.2, 0.25) is 0 Å². The van der Waals surface area contributed by atoms with Gasteiger partial charge in [-0.15, -0.1) is 0 Å². The Morgan fingerprint density at radius 1 is 1.05 bits per heavy atom. The van der Waals surface area contributed by atoms with Crippen LogP contribution in [0.25, 0.3) is 0 Å². The Hall–Kier alpha value is -4.55. The van der Waals surface area contributed by atoms with E-state index in [2.05, 4.69) is 16.0 Å². The number of fused-ring (bicyclic) bond motifs is 5. The maximum Gasteiger partial charge on any atom is 0.315 e. The zero-order valence-corrected chi connectivity index (χ0v) is 25.3. The number of rotatable bonds is 5. The topological polar surface area (TPSA) is 132 Å². The first-order valence-corrected chi connectivity index (χ1v) is 14.7. The minimum atomic E-state index is -0.450. The molecule has 234 valence electrons. The number of hydrogen-bond acceptors (Lipinski definition) is 7. The van der Waals surface area contributed by atoms with E-state index >= 15 is 0 Å². The minimum Gasteiger partial charge on any atom is -0.491 e. The van der Waals surface area contributed by atoms with Gasteiger partial charge in [0.15, 0.2) is 0 Å². The standard InChI is InChI=1S/C32H39N5O7/c1-21-27(7-11-36(21)2)31(39)37-12-8-28-29(19-37)43-20-22-5-4-6-24(15-22)44-26-17-23(16-25(18-26)42-14-13-41-3)30(38)33-9-10-34-32(40)35-28/h4-7,11,15-18,28-29H,8-10,12-14,19-20H2,1-3H3,(H,33,38)(H2,34,35,40)/t28-,29-/m0/s1. The third kappa shape index (κ3) is 7.69. The average Bonchev–Trinajstić information content (AvgIpc) is 3.35. The van der Waals surface area contributed by atoms with Crippen LogP contribution in [-0.4, -0.2) is 86.0 Å². The summed E-state index contributed by atoms with van der Waals surface area (Å²) in [5.74, 6) is 1.06. The Labute approximate surface area is 256 Å². The molecule has 2 atom stereocenters. The van der Waals surface area contributed by atoms with Crippen LogP contribution < -0.4 is 25.4 Å². The largest absolute Gasteiger partial charge is 0.491 e. The lowest BCUT2D eigenvalue weighted by Crippen LogP contribution is -2.58. The van der Waals surface area contributed by atoms with Crippen LogP contribution in [0.15, 0.2) is 54.7 Å². The lowest BCUT2D eigenvalue weighted by molar-refractivity contribution is -0.0235. The second kappa shape index (κ2) is 14.3. The zero-order chi connectivity index (χ0) is 31.1. The van der Waals surface area contributed by atoms with Crippen molar-refractivity contribution in [1.82, 2.24) is 25.4 Å². The lowest BCUT2D eigenvalue weighted by atomic mass is 10.0. The molecule has 0 saturated carbocycles. The maximum atomic E-state index is 13.4. The van der Waals surface area contributed by atoms with Crippen molar-refractivity contribution < 1.29 is 33.3 Å². The Morgan fingerprint density at radius 2 is 1.89 bits per heavy atom. The molecule has 2 aliphatic rings. The summed E-state index contributed by atoms with van der Waals surface area (Å²) in [7, 11) is 3.49. The van der Waals surface area contributed by atoms with Crippen LogP contribution in [0, 0.1) is 6.92 Å². The molecule has 3 N–H and O–H groups in total. The highest BCUT2D eigenvalue weighted by Gasteiger charge is 2.34. The molecule has 0 radical (unpaired) electrons. The van der Waals surface area contributed by atoms with Crippen LogP contribution in [0.5, 0.6) is 17.2 Å². The molecular formula is C32H39N5O7. The van der Waals surface area contributed by atoms with Crippen molar-refractivity contribution in [3.05, 3.63) is 77.1 Å². The van der Waals surface area contributed by atoms with E-state index in [0.29, 0.717) is 61.1 Å². The quantitative estimate of drug-likeness (QED) is 0.381. The number of nitrogens with one attached hydrogen (secondary N) is 3. The molecule has 1 saturated heterocycles. The van der Waals surface area contributed by atoms with E-state index in [4.69, 9.17) is 18.9 Å². The molecule has 2 aliphatic heterocycles. The number of urea groups is 1. The highest BCUT2D eigenvalue weighted by atomic mass is 16.5. The van der Waals surface area contributed by atoms with Crippen molar-refractivity contribution >= 4 is 17.8 Å². The van der Waals surface area contributed by atoms with E-state index in [9.17, 15) is 14.4 Å². The van der Waals surface area contributed by atoms with Crippen molar-refractivity contribution in [3.63, 3.8) is 0 Å². The Balaban J connectivity index is 1.37. The summed E-state index contributed by atoms with van der Waals surface area (Å²) < 4.78 is 25.3. The van der Waals surface area contributed by atoms with Gasteiger partial charge in [-0.25, -0.2) is 4.79 Å². The number of methoxy groups -OCH3 is 1. The van der Waals surface area contributed by atoms with Crippen LogP contribution in [-0.2, 0) is 23.1 Å². The van der Waals surface area contributed by atoms with Crippen molar-refractivity contribution in [1.29, 1.82) is 0 Å². The summed E-state index contributed by atoms with van der Waals surface area (Å²) in [6.45, 7) is 4.08. The number of ether oxygens (including phenoxy) is 4. The Kier molecular flexibility index (Phi) is 10.0. The predicted octanol–water partition coefficient (Wildman–Crippen LogP) is 2.99. The third-order valence-electron chi connectivity index (χ3n) is 7.77. The highest BCUT2D eigenvalue weighted by molar-refractivity contribution is 5.96. The molecule has 12 nitrogen and oxygen atoms in total. The van der Waals surface area contributed by atoms with E-state index in [1.165, 1.54) is 0 Å². The van der Waals surface area contributed by atoms with Gasteiger partial charge < -0.3 is 44.4 Å². The molecule has 1 aromatic heterocycles. The number of piperidine rings is 1. The summed E-state index contributed by atoms with van der Waals surface area (Å²) in [5, 5.41) is 8.64. The first-order valence-electron chi connectivity index (χ1n) is 14.7. The van der Waals surface area contributed by atoms with Crippen molar-refractivity contribution in [2.75, 3.05) is 46.5 Å². The summed E-state index contributed by atoms with van der Waals surface area (Å²) in [4.78, 5) is 41.0. The van der Waals surface area contributed by atoms with Crippen LogP contribution in [0.4, 0.5) is 4.79 Å². The molecule has 3 aromatic rings. The number of nitrogens with zero attached hydrogens (tertiary/aromatic N) is 2. The molecule has 44 heavy (non-hydrogen) atoms. The molecule has 12 heteroatoms. The van der Waals surface area contributed by atoms with Gasteiger partial charge in [0.25, 0.3) is 11.8 Å². The van der Waals surface area contributed by atoms with Crippen LogP contribution >= 0.6 is 0 Å². The number of aryl methyl sites for hydroxylation is 1. The normalized spacial score (nSPS) is 19.3. The predicted molar refractivity (Wildman–Crippen MR) is 162 cm³/mol. The molecule has 3 heterocycles. The lowest BCUT2D eigenvalue weighted by Gasteiger charge is -2.38. The molecule has 0 unspecified atom stereocenters. The molecule has 5 rings (SSSR count). The highest BCUT2D eigenvalue weighted by Crippen LogP contribution is 2.29. The molecule has 0 aliphatic carbocycles. The summed E-state index contributed by atoms with van der Waals surface area (Å²) >= 11 is 0. The number of likely N-dealkylation sites (tertiary alicyclic amines) is 1. The van der Waals surface area contributed by atoms with Gasteiger partial charge in [0.05, 0.1) is 30.9 Å². The number of aromatic nitrogens is 1. The molecule has 2 aromatic carbocycles. The zero-order valence-electron chi connectivity index (χ0n) is 25.3. The fourth-order valence-electron chi connectivity index (χ4n) is 5.24. The number of benzene rings is 2. The molecule has 0 spiro atoms. The second-order valence-corrected chi connectivity index (χ2v) is 10.9. The van der Waals surface area contributed by atoms with Gasteiger partial charge >= 0.3 is 6.03 Å². The first-order chi connectivity index (χ1) is 21.3. The van der Waals surface area contributed by atoms with Crippen LogP contribution in [0.1, 0.15) is 38.4 Å². The van der Waals surface area contributed by atoms with Gasteiger partial charge in [0, 0.05) is 63.9 Å². The molecule has 4 amide bonds. The summed E-state index contributed by atoms with van der Waals surface area (Å²) in [5.41, 5.74) is 2.75. The third-order valence-corrected chi connectivity index (χ3v) is 7.77. The monoisotopic (exact) mass is 605 g/mol. The van der Waals surface area contributed by atoms with Gasteiger partial charge in [-0.3, -0.25) is 9.59 Å². The van der Waals surface area contributed by atoms with Crippen molar-refractivity contribution in [3.8, 4) is 17.2 Å². The van der Waals surface area contributed by atoms with Gasteiger partial charge in [0.1, 0.15) is 23.9 Å². The van der Waals surface area contributed by atoms with Gasteiger partial charge in [-0.2, -0.15) is 0 Å². The molecule has 1 fully saturated rings. The van der Waals surface area contributed by atoms with Gasteiger partial charge in [-0.1, -0.05) is 12.1 Å². The number of carbonyl (C=O) groups excluding carboxylic acids is 3. The van der Waals surface area contributed by atoms with Crippen LogP contribution in [0.2, 0.25) is 0 Å². The minimum absolute atomic E-state index is 0.0620. The number of amides is 4. The fraction of sp³-hybridized carbons (Fsp3) is 0.406.